The van der Waals surface area contributed by atoms with Crippen molar-refractivity contribution in [3.8, 4) is 0 Å². The van der Waals surface area contributed by atoms with Gasteiger partial charge in [-0.15, -0.1) is 0 Å². The van der Waals surface area contributed by atoms with Gasteiger partial charge in [0.25, 0.3) is 0 Å². The smallest absolute Gasteiger partial charge is 0.221 e. The third-order valence-corrected chi connectivity index (χ3v) is 6.23. The topological polar surface area (TPSA) is 47.6 Å². The van der Waals surface area contributed by atoms with E-state index in [1.54, 1.807) is 0 Å². The van der Waals surface area contributed by atoms with Crippen LogP contribution in [0.25, 0.3) is 0 Å². The molecule has 4 nitrogen and oxygen atoms in total. The molecule has 0 saturated carbocycles. The summed E-state index contributed by atoms with van der Waals surface area (Å²) in [6, 6.07) is 10.7. The predicted molar refractivity (Wildman–Crippen MR) is 102 cm³/mol. The third kappa shape index (κ3) is 6.01. The first-order chi connectivity index (χ1) is 12.3. The van der Waals surface area contributed by atoms with E-state index in [0.717, 1.165) is 57.2 Å². The van der Waals surface area contributed by atoms with E-state index >= 15 is 0 Å². The van der Waals surface area contributed by atoms with Crippen LogP contribution in [0.3, 0.4) is 0 Å². The maximum absolute atomic E-state index is 12.4. The van der Waals surface area contributed by atoms with E-state index in [1.807, 2.05) is 17.8 Å². The van der Waals surface area contributed by atoms with Crippen LogP contribution in [0.4, 0.5) is 0 Å². The van der Waals surface area contributed by atoms with Crippen molar-refractivity contribution >= 4 is 17.7 Å². The number of hydrogen-bond donors (Lipinski definition) is 1. The summed E-state index contributed by atoms with van der Waals surface area (Å²) >= 11 is 1.82. The molecule has 0 bridgehead atoms. The average Bonchev–Trinajstić information content (AvgIpc) is 2.67. The Bertz CT molecular complexity index is 519. The Morgan fingerprint density at radius 1 is 1.08 bits per heavy atom. The van der Waals surface area contributed by atoms with Crippen LogP contribution in [0.15, 0.2) is 30.3 Å². The Labute approximate surface area is 155 Å². The van der Waals surface area contributed by atoms with Crippen molar-refractivity contribution in [3.63, 3.8) is 0 Å². The van der Waals surface area contributed by atoms with Crippen LogP contribution in [0.1, 0.15) is 31.2 Å². The normalized spacial score (nSPS) is 24.8. The molecule has 0 radical (unpaired) electrons. The zero-order valence-electron chi connectivity index (χ0n) is 14.8. The van der Waals surface area contributed by atoms with Gasteiger partial charge in [-0.3, -0.25) is 4.79 Å². The van der Waals surface area contributed by atoms with E-state index in [0.29, 0.717) is 18.3 Å². The van der Waals surface area contributed by atoms with Crippen molar-refractivity contribution in [1.82, 2.24) is 5.32 Å². The van der Waals surface area contributed by atoms with E-state index in [-0.39, 0.29) is 11.9 Å². The Morgan fingerprint density at radius 2 is 1.84 bits per heavy atom. The number of benzene rings is 1. The van der Waals surface area contributed by atoms with Crippen LogP contribution in [0, 0.1) is 11.8 Å². The minimum atomic E-state index is 0.185. The monoisotopic (exact) mass is 363 g/mol. The van der Waals surface area contributed by atoms with Crippen LogP contribution < -0.4 is 5.32 Å². The molecule has 1 N–H and O–H groups in total. The van der Waals surface area contributed by atoms with Crippen molar-refractivity contribution in [1.29, 1.82) is 0 Å². The average molecular weight is 364 g/mol. The summed E-state index contributed by atoms with van der Waals surface area (Å²) in [4.78, 5) is 12.4. The molecule has 1 amide bonds. The quantitative estimate of drug-likeness (QED) is 0.756. The molecule has 2 fully saturated rings. The van der Waals surface area contributed by atoms with Crippen LogP contribution in [-0.4, -0.2) is 44.1 Å². The highest BCUT2D eigenvalue weighted by atomic mass is 32.2. The van der Waals surface area contributed by atoms with E-state index in [1.165, 1.54) is 5.56 Å². The number of hydrogen-bond acceptors (Lipinski definition) is 4. The van der Waals surface area contributed by atoms with Gasteiger partial charge in [-0.05, 0) is 30.7 Å². The third-order valence-electron chi connectivity index (χ3n) is 5.20. The molecular weight excluding hydrogens is 334 g/mol. The highest BCUT2D eigenvalue weighted by Crippen LogP contribution is 2.30. The first-order valence-electron chi connectivity index (χ1n) is 9.39. The summed E-state index contributed by atoms with van der Waals surface area (Å²) in [7, 11) is 0. The summed E-state index contributed by atoms with van der Waals surface area (Å²) in [5, 5.41) is 3.29. The highest BCUT2D eigenvalue weighted by molar-refractivity contribution is 7.98. The molecule has 0 aromatic heterocycles. The molecule has 3 rings (SSSR count). The minimum Gasteiger partial charge on any atom is -0.381 e. The second-order valence-electron chi connectivity index (χ2n) is 6.94. The molecule has 2 heterocycles. The number of amides is 1. The number of carbonyl (C=O) groups excluding carboxylic acids is 1. The molecule has 0 aliphatic carbocycles. The van der Waals surface area contributed by atoms with E-state index in [9.17, 15) is 4.79 Å². The molecule has 138 valence electrons. The molecule has 2 saturated heterocycles. The first kappa shape index (κ1) is 18.7. The van der Waals surface area contributed by atoms with Gasteiger partial charge < -0.3 is 14.8 Å². The van der Waals surface area contributed by atoms with Crippen LogP contribution >= 0.6 is 11.8 Å². The molecule has 2 aliphatic heterocycles. The summed E-state index contributed by atoms with van der Waals surface area (Å²) < 4.78 is 11.2. The predicted octanol–water partition coefficient (Wildman–Crippen LogP) is 3.26. The maximum atomic E-state index is 12.4. The lowest BCUT2D eigenvalue weighted by atomic mass is 9.79. The second kappa shape index (κ2) is 10.2. The van der Waals surface area contributed by atoms with Crippen LogP contribution in [-0.2, 0) is 20.0 Å². The summed E-state index contributed by atoms with van der Waals surface area (Å²) in [5.74, 6) is 3.08. The number of ether oxygens (including phenoxy) is 2. The molecule has 1 aromatic rings. The van der Waals surface area contributed by atoms with E-state index in [4.69, 9.17) is 9.47 Å². The number of thioether (sulfide) groups is 1. The second-order valence-corrected chi connectivity index (χ2v) is 8.04. The molecule has 2 aliphatic rings. The summed E-state index contributed by atoms with van der Waals surface area (Å²) in [6.45, 7) is 3.22. The van der Waals surface area contributed by atoms with E-state index < -0.39 is 0 Å². The Balaban J connectivity index is 1.39. The van der Waals surface area contributed by atoms with Crippen molar-refractivity contribution < 1.29 is 14.3 Å². The molecular formula is C20H29NO3S. The molecule has 0 spiro atoms. The minimum absolute atomic E-state index is 0.185. The zero-order chi connectivity index (χ0) is 17.3. The SMILES string of the molecule is O=C(CCSCc1ccccc1)N[C@@H]1CCOC[C@@H]1C1CCOCC1. The van der Waals surface area contributed by atoms with Gasteiger partial charge in [0.1, 0.15) is 0 Å². The standard InChI is InChI=1S/C20H29NO3S/c22-20(9-13-25-15-16-4-2-1-3-5-16)21-19-8-12-24-14-18(19)17-6-10-23-11-7-17/h1-5,17-19H,6-15H2,(H,21,22)/t18-,19-/m1/s1. The lowest BCUT2D eigenvalue weighted by Crippen LogP contribution is -2.49. The number of rotatable bonds is 7. The van der Waals surface area contributed by atoms with Gasteiger partial charge in [0.05, 0.1) is 6.61 Å². The Morgan fingerprint density at radius 3 is 2.64 bits per heavy atom. The number of carbonyl (C=O) groups is 1. The van der Waals surface area contributed by atoms with Crippen molar-refractivity contribution in [2.24, 2.45) is 11.8 Å². The fourth-order valence-electron chi connectivity index (χ4n) is 3.76. The van der Waals surface area contributed by atoms with E-state index in [2.05, 4.69) is 29.6 Å². The Hall–Kier alpha value is -1.04. The lowest BCUT2D eigenvalue weighted by Gasteiger charge is -2.39. The molecule has 25 heavy (non-hydrogen) atoms. The van der Waals surface area contributed by atoms with Crippen LogP contribution in [0.5, 0.6) is 0 Å². The van der Waals surface area contributed by atoms with Gasteiger partial charge in [-0.25, -0.2) is 0 Å². The van der Waals surface area contributed by atoms with Crippen LogP contribution in [0.2, 0.25) is 0 Å². The highest BCUT2D eigenvalue weighted by Gasteiger charge is 2.34. The van der Waals surface area contributed by atoms with Gasteiger partial charge in [-0.1, -0.05) is 30.3 Å². The summed E-state index contributed by atoms with van der Waals surface area (Å²) in [5.41, 5.74) is 1.32. The van der Waals surface area contributed by atoms with Gasteiger partial charge in [0.2, 0.25) is 5.91 Å². The van der Waals surface area contributed by atoms with Crippen molar-refractivity contribution in [2.75, 3.05) is 32.2 Å². The largest absolute Gasteiger partial charge is 0.381 e. The van der Waals surface area contributed by atoms with Gasteiger partial charge in [0.15, 0.2) is 0 Å². The lowest BCUT2D eigenvalue weighted by molar-refractivity contribution is -0.123. The number of nitrogens with one attached hydrogen (secondary N) is 1. The van der Waals surface area contributed by atoms with Crippen molar-refractivity contribution in [2.45, 2.75) is 37.5 Å². The van der Waals surface area contributed by atoms with Gasteiger partial charge >= 0.3 is 0 Å². The maximum Gasteiger partial charge on any atom is 0.221 e. The van der Waals surface area contributed by atoms with Gasteiger partial charge in [-0.2, -0.15) is 11.8 Å². The Kier molecular flexibility index (Phi) is 7.64. The van der Waals surface area contributed by atoms with Gasteiger partial charge in [0, 0.05) is 49.7 Å². The molecule has 0 unspecified atom stereocenters. The summed E-state index contributed by atoms with van der Waals surface area (Å²) in [6.07, 6.45) is 3.71. The zero-order valence-corrected chi connectivity index (χ0v) is 15.6. The molecule has 2 atom stereocenters. The van der Waals surface area contributed by atoms with Crippen molar-refractivity contribution in [3.05, 3.63) is 35.9 Å². The molecule has 5 heteroatoms. The first-order valence-corrected chi connectivity index (χ1v) is 10.5. The molecule has 1 aromatic carbocycles. The fraction of sp³-hybridized carbons (Fsp3) is 0.650. The fourth-order valence-corrected chi connectivity index (χ4v) is 4.66.